The van der Waals surface area contributed by atoms with E-state index in [1.807, 2.05) is 0 Å². The molecule has 2 unspecified atom stereocenters. The van der Waals surface area contributed by atoms with Gasteiger partial charge in [0, 0.05) is 12.1 Å². The molecule has 1 aliphatic heterocycles. The summed E-state index contributed by atoms with van der Waals surface area (Å²) in [6.45, 7) is 8.58. The van der Waals surface area contributed by atoms with Crippen LogP contribution in [0, 0.1) is 5.92 Å². The van der Waals surface area contributed by atoms with Gasteiger partial charge in [0.2, 0.25) is 0 Å². The van der Waals surface area contributed by atoms with Crippen LogP contribution in [0.15, 0.2) is 0 Å². The zero-order chi connectivity index (χ0) is 12.8. The summed E-state index contributed by atoms with van der Waals surface area (Å²) in [5.74, 6) is 0.997. The Balaban J connectivity index is 1.67. The lowest BCUT2D eigenvalue weighted by Crippen LogP contribution is -2.47. The fourth-order valence-corrected chi connectivity index (χ4v) is 3.79. The van der Waals surface area contributed by atoms with Gasteiger partial charge < -0.3 is 10.2 Å². The van der Waals surface area contributed by atoms with Gasteiger partial charge in [-0.05, 0) is 57.7 Å². The van der Waals surface area contributed by atoms with E-state index in [0.717, 1.165) is 18.0 Å². The molecule has 2 fully saturated rings. The van der Waals surface area contributed by atoms with Crippen LogP contribution < -0.4 is 5.32 Å². The third-order valence-electron chi connectivity index (χ3n) is 4.96. The van der Waals surface area contributed by atoms with Gasteiger partial charge >= 0.3 is 0 Å². The molecule has 2 aliphatic rings. The highest BCUT2D eigenvalue weighted by molar-refractivity contribution is 4.84. The molecule has 106 valence electrons. The molecule has 0 radical (unpaired) electrons. The number of hydrogen-bond donors (Lipinski definition) is 1. The maximum Gasteiger partial charge on any atom is 0.00940 e. The van der Waals surface area contributed by atoms with Gasteiger partial charge in [-0.2, -0.15) is 0 Å². The molecule has 1 saturated heterocycles. The fraction of sp³-hybridized carbons (Fsp3) is 1.00. The second-order valence-corrected chi connectivity index (χ2v) is 6.42. The SMILES string of the molecule is CCCN1CCC(NC2CCCC(CC)C2)CC1. The van der Waals surface area contributed by atoms with Gasteiger partial charge in [-0.15, -0.1) is 0 Å². The summed E-state index contributed by atoms with van der Waals surface area (Å²) in [6, 6.07) is 1.63. The normalized spacial score (nSPS) is 31.7. The summed E-state index contributed by atoms with van der Waals surface area (Å²) in [6.07, 6.45) is 11.2. The van der Waals surface area contributed by atoms with E-state index < -0.39 is 0 Å². The first-order chi connectivity index (χ1) is 8.81. The fourth-order valence-electron chi connectivity index (χ4n) is 3.79. The van der Waals surface area contributed by atoms with Crippen molar-refractivity contribution in [1.29, 1.82) is 0 Å². The van der Waals surface area contributed by atoms with E-state index in [2.05, 4.69) is 24.1 Å². The molecule has 1 saturated carbocycles. The molecular formula is C16H32N2. The summed E-state index contributed by atoms with van der Waals surface area (Å²) in [4.78, 5) is 2.63. The molecule has 2 heteroatoms. The number of nitrogens with zero attached hydrogens (tertiary/aromatic N) is 1. The first kappa shape index (κ1) is 14.3. The predicted molar refractivity (Wildman–Crippen MR) is 78.9 cm³/mol. The van der Waals surface area contributed by atoms with E-state index in [0.29, 0.717) is 0 Å². The predicted octanol–water partition coefficient (Wildman–Crippen LogP) is 3.42. The largest absolute Gasteiger partial charge is 0.311 e. The van der Waals surface area contributed by atoms with Gasteiger partial charge in [-0.1, -0.05) is 33.1 Å². The monoisotopic (exact) mass is 252 g/mol. The van der Waals surface area contributed by atoms with Crippen molar-refractivity contribution in [1.82, 2.24) is 10.2 Å². The minimum atomic E-state index is 0.804. The number of likely N-dealkylation sites (tertiary alicyclic amines) is 1. The molecule has 0 aromatic heterocycles. The van der Waals surface area contributed by atoms with Crippen LogP contribution >= 0.6 is 0 Å². The van der Waals surface area contributed by atoms with Gasteiger partial charge in [0.05, 0.1) is 0 Å². The van der Waals surface area contributed by atoms with Crippen LogP contribution in [0.4, 0.5) is 0 Å². The first-order valence-corrected chi connectivity index (χ1v) is 8.30. The molecule has 18 heavy (non-hydrogen) atoms. The Labute approximate surface area is 114 Å². The second kappa shape index (κ2) is 7.49. The molecular weight excluding hydrogens is 220 g/mol. The lowest BCUT2D eigenvalue weighted by molar-refractivity contribution is 0.176. The minimum absolute atomic E-state index is 0.804. The average Bonchev–Trinajstić information content (AvgIpc) is 2.42. The van der Waals surface area contributed by atoms with E-state index in [1.165, 1.54) is 71.0 Å². The lowest BCUT2D eigenvalue weighted by Gasteiger charge is -2.37. The van der Waals surface area contributed by atoms with Crippen molar-refractivity contribution >= 4 is 0 Å². The minimum Gasteiger partial charge on any atom is -0.311 e. The standard InChI is InChI=1S/C16H32N2/c1-3-10-18-11-8-15(9-12-18)17-16-7-5-6-14(4-2)13-16/h14-17H,3-13H2,1-2H3. The smallest absolute Gasteiger partial charge is 0.00940 e. The van der Waals surface area contributed by atoms with Gasteiger partial charge in [-0.3, -0.25) is 0 Å². The van der Waals surface area contributed by atoms with Crippen molar-refractivity contribution in [3.63, 3.8) is 0 Å². The van der Waals surface area contributed by atoms with Crippen LogP contribution in [-0.2, 0) is 0 Å². The highest BCUT2D eigenvalue weighted by Crippen LogP contribution is 2.27. The van der Waals surface area contributed by atoms with Crippen molar-refractivity contribution in [3.05, 3.63) is 0 Å². The van der Waals surface area contributed by atoms with Gasteiger partial charge in [-0.25, -0.2) is 0 Å². The van der Waals surface area contributed by atoms with Crippen molar-refractivity contribution in [2.24, 2.45) is 5.92 Å². The number of rotatable bonds is 5. The third kappa shape index (κ3) is 4.24. The molecule has 1 heterocycles. The van der Waals surface area contributed by atoms with Crippen LogP contribution in [0.3, 0.4) is 0 Å². The summed E-state index contributed by atoms with van der Waals surface area (Å²) < 4.78 is 0. The van der Waals surface area contributed by atoms with E-state index in [4.69, 9.17) is 0 Å². The number of piperidine rings is 1. The quantitative estimate of drug-likeness (QED) is 0.806. The summed E-state index contributed by atoms with van der Waals surface area (Å²) >= 11 is 0. The topological polar surface area (TPSA) is 15.3 Å². The molecule has 1 N–H and O–H groups in total. The first-order valence-electron chi connectivity index (χ1n) is 8.30. The molecule has 1 aliphatic carbocycles. The summed E-state index contributed by atoms with van der Waals surface area (Å²) in [5.41, 5.74) is 0. The van der Waals surface area contributed by atoms with Crippen molar-refractivity contribution in [3.8, 4) is 0 Å². The molecule has 0 aromatic carbocycles. The zero-order valence-electron chi connectivity index (χ0n) is 12.5. The Morgan fingerprint density at radius 2 is 1.78 bits per heavy atom. The Morgan fingerprint density at radius 3 is 2.44 bits per heavy atom. The Bertz CT molecular complexity index is 221. The molecule has 2 atom stereocenters. The van der Waals surface area contributed by atoms with Crippen LogP contribution in [0.1, 0.15) is 65.2 Å². The zero-order valence-corrected chi connectivity index (χ0v) is 12.5. The van der Waals surface area contributed by atoms with Crippen LogP contribution in [0.2, 0.25) is 0 Å². The number of nitrogens with one attached hydrogen (secondary N) is 1. The molecule has 0 spiro atoms. The van der Waals surface area contributed by atoms with Gasteiger partial charge in [0.25, 0.3) is 0 Å². The van der Waals surface area contributed by atoms with E-state index in [-0.39, 0.29) is 0 Å². The maximum atomic E-state index is 3.96. The van der Waals surface area contributed by atoms with Gasteiger partial charge in [0.1, 0.15) is 0 Å². The van der Waals surface area contributed by atoms with Crippen molar-refractivity contribution in [2.45, 2.75) is 77.3 Å². The Kier molecular flexibility index (Phi) is 5.97. The average molecular weight is 252 g/mol. The third-order valence-corrected chi connectivity index (χ3v) is 4.96. The second-order valence-electron chi connectivity index (χ2n) is 6.42. The molecule has 2 nitrogen and oxygen atoms in total. The molecule has 0 bridgehead atoms. The van der Waals surface area contributed by atoms with Crippen LogP contribution in [0.25, 0.3) is 0 Å². The Morgan fingerprint density at radius 1 is 1.00 bits per heavy atom. The van der Waals surface area contributed by atoms with Crippen molar-refractivity contribution < 1.29 is 0 Å². The lowest BCUT2D eigenvalue weighted by atomic mass is 9.83. The van der Waals surface area contributed by atoms with Gasteiger partial charge in [0.15, 0.2) is 0 Å². The molecule has 0 aromatic rings. The van der Waals surface area contributed by atoms with Crippen LogP contribution in [0.5, 0.6) is 0 Å². The van der Waals surface area contributed by atoms with Crippen LogP contribution in [-0.4, -0.2) is 36.6 Å². The van der Waals surface area contributed by atoms with E-state index >= 15 is 0 Å². The highest BCUT2D eigenvalue weighted by atomic mass is 15.1. The molecule has 2 rings (SSSR count). The highest BCUT2D eigenvalue weighted by Gasteiger charge is 2.25. The number of hydrogen-bond acceptors (Lipinski definition) is 2. The maximum absolute atomic E-state index is 3.96. The van der Waals surface area contributed by atoms with E-state index in [9.17, 15) is 0 Å². The van der Waals surface area contributed by atoms with E-state index in [1.54, 1.807) is 0 Å². The Hall–Kier alpha value is -0.0800. The summed E-state index contributed by atoms with van der Waals surface area (Å²) in [5, 5.41) is 3.96. The molecule has 0 amide bonds. The summed E-state index contributed by atoms with van der Waals surface area (Å²) in [7, 11) is 0. The van der Waals surface area contributed by atoms with Crippen molar-refractivity contribution in [2.75, 3.05) is 19.6 Å².